The Morgan fingerprint density at radius 1 is 0.974 bits per heavy atom. The van der Waals surface area contributed by atoms with Gasteiger partial charge in [-0.25, -0.2) is 0 Å². The van der Waals surface area contributed by atoms with E-state index in [-0.39, 0.29) is 31.4 Å². The van der Waals surface area contributed by atoms with Gasteiger partial charge in [0, 0.05) is 12.0 Å². The van der Waals surface area contributed by atoms with Gasteiger partial charge in [0.05, 0.1) is 17.7 Å². The molecule has 4 aromatic carbocycles. The molecule has 0 aromatic heterocycles. The molecule has 6 heteroatoms. The fourth-order valence-corrected chi connectivity index (χ4v) is 4.73. The zero-order valence-electron chi connectivity index (χ0n) is 22.2. The van der Waals surface area contributed by atoms with Crippen molar-refractivity contribution in [3.63, 3.8) is 0 Å². The molecule has 0 aliphatic rings. The Morgan fingerprint density at radius 2 is 1.74 bits per heavy atom. The van der Waals surface area contributed by atoms with Crippen molar-refractivity contribution in [1.29, 1.82) is 5.26 Å². The van der Waals surface area contributed by atoms with Crippen LogP contribution in [-0.2, 0) is 17.8 Å². The molecule has 0 aliphatic heterocycles. The number of carbonyl (C=O) groups is 2. The van der Waals surface area contributed by atoms with Crippen molar-refractivity contribution >= 4 is 22.6 Å². The average Bonchev–Trinajstić information content (AvgIpc) is 2.94. The molecule has 0 fully saturated rings. The molecule has 39 heavy (non-hydrogen) atoms. The third-order valence-corrected chi connectivity index (χ3v) is 6.61. The smallest absolute Gasteiger partial charge is 0.303 e. The molecule has 0 heterocycles. The van der Waals surface area contributed by atoms with E-state index in [1.54, 1.807) is 36.4 Å². The summed E-state index contributed by atoms with van der Waals surface area (Å²) in [5.41, 5.74) is 3.44. The number of rotatable bonds is 11. The number of hydrogen-bond donors (Lipinski definition) is 2. The molecular weight excluding hydrogens is 488 g/mol. The average molecular weight is 521 g/mol. The fraction of sp³-hybridized carbons (Fsp3) is 0.242. The number of aryl methyl sites for hydroxylation is 1. The quantitative estimate of drug-likeness (QED) is 0.226. The van der Waals surface area contributed by atoms with Crippen LogP contribution in [0.5, 0.6) is 5.75 Å². The zero-order valence-corrected chi connectivity index (χ0v) is 22.2. The Morgan fingerprint density at radius 3 is 2.51 bits per heavy atom. The van der Waals surface area contributed by atoms with Gasteiger partial charge in [-0.3, -0.25) is 9.59 Å². The van der Waals surface area contributed by atoms with Gasteiger partial charge in [0.1, 0.15) is 12.4 Å². The van der Waals surface area contributed by atoms with Gasteiger partial charge in [0.15, 0.2) is 0 Å². The first-order chi connectivity index (χ1) is 18.8. The first kappa shape index (κ1) is 27.4. The SMILES string of the molecule is CC(C)CC(NC(=O)c1cc(COc2cccc(C#N)c2)ccc1CCC(=O)O)c1cccc2ccccc12. The van der Waals surface area contributed by atoms with Gasteiger partial charge in [0.25, 0.3) is 5.91 Å². The van der Waals surface area contributed by atoms with Crippen molar-refractivity contribution in [2.24, 2.45) is 5.92 Å². The van der Waals surface area contributed by atoms with E-state index >= 15 is 0 Å². The molecule has 1 atom stereocenters. The Hall–Kier alpha value is -4.63. The van der Waals surface area contributed by atoms with E-state index in [1.807, 2.05) is 24.3 Å². The molecule has 0 saturated heterocycles. The molecule has 198 valence electrons. The Bertz CT molecular complexity index is 1510. The number of carbonyl (C=O) groups excluding carboxylic acids is 1. The second kappa shape index (κ2) is 12.7. The summed E-state index contributed by atoms with van der Waals surface area (Å²) in [7, 11) is 0. The van der Waals surface area contributed by atoms with Crippen LogP contribution in [0.4, 0.5) is 0 Å². The maximum Gasteiger partial charge on any atom is 0.303 e. The molecule has 0 radical (unpaired) electrons. The van der Waals surface area contributed by atoms with Crippen LogP contribution in [0.15, 0.2) is 84.9 Å². The first-order valence-electron chi connectivity index (χ1n) is 13.1. The van der Waals surface area contributed by atoms with E-state index in [2.05, 4.69) is 49.5 Å². The predicted molar refractivity (Wildman–Crippen MR) is 151 cm³/mol. The molecule has 4 aromatic rings. The van der Waals surface area contributed by atoms with Gasteiger partial charge in [-0.2, -0.15) is 5.26 Å². The molecule has 0 aliphatic carbocycles. The molecule has 0 bridgehead atoms. The molecule has 6 nitrogen and oxygen atoms in total. The summed E-state index contributed by atoms with van der Waals surface area (Å²) in [5.74, 6) is -0.269. The third-order valence-electron chi connectivity index (χ3n) is 6.61. The van der Waals surface area contributed by atoms with E-state index in [0.717, 1.165) is 28.3 Å². The monoisotopic (exact) mass is 520 g/mol. The van der Waals surface area contributed by atoms with Crippen molar-refractivity contribution in [2.75, 3.05) is 0 Å². The second-order valence-corrected chi connectivity index (χ2v) is 10.0. The van der Waals surface area contributed by atoms with Gasteiger partial charge in [-0.15, -0.1) is 0 Å². The summed E-state index contributed by atoms with van der Waals surface area (Å²) >= 11 is 0. The van der Waals surface area contributed by atoms with Gasteiger partial charge in [0.2, 0.25) is 0 Å². The number of ether oxygens (including phenoxy) is 1. The highest BCUT2D eigenvalue weighted by Gasteiger charge is 2.21. The Labute approximate surface area is 228 Å². The van der Waals surface area contributed by atoms with Crippen LogP contribution >= 0.6 is 0 Å². The number of carboxylic acids is 1. The largest absolute Gasteiger partial charge is 0.489 e. The molecular formula is C33H32N2O4. The second-order valence-electron chi connectivity index (χ2n) is 10.0. The minimum absolute atomic E-state index is 0.0736. The van der Waals surface area contributed by atoms with Gasteiger partial charge in [-0.05, 0) is 70.5 Å². The Kier molecular flexibility index (Phi) is 8.96. The molecule has 1 unspecified atom stereocenters. The summed E-state index contributed by atoms with van der Waals surface area (Å²) in [6.45, 7) is 4.46. The summed E-state index contributed by atoms with van der Waals surface area (Å²) in [6, 6.07) is 28.5. The highest BCUT2D eigenvalue weighted by molar-refractivity contribution is 5.97. The maximum absolute atomic E-state index is 13.8. The van der Waals surface area contributed by atoms with Crippen LogP contribution < -0.4 is 10.1 Å². The number of nitrogens with zero attached hydrogens (tertiary/aromatic N) is 1. The molecule has 0 saturated carbocycles. The number of amides is 1. The number of hydrogen-bond acceptors (Lipinski definition) is 4. The van der Waals surface area contributed by atoms with Crippen molar-refractivity contribution in [3.05, 3.63) is 113 Å². The molecule has 2 N–H and O–H groups in total. The van der Waals surface area contributed by atoms with Crippen LogP contribution in [0.25, 0.3) is 10.8 Å². The minimum Gasteiger partial charge on any atom is -0.489 e. The van der Waals surface area contributed by atoms with Crippen LogP contribution in [0.3, 0.4) is 0 Å². The lowest BCUT2D eigenvalue weighted by atomic mass is 9.92. The number of fused-ring (bicyclic) bond motifs is 1. The van der Waals surface area contributed by atoms with E-state index in [4.69, 9.17) is 10.00 Å². The topological polar surface area (TPSA) is 99.4 Å². The van der Waals surface area contributed by atoms with Crippen LogP contribution in [0.2, 0.25) is 0 Å². The molecule has 1 amide bonds. The predicted octanol–water partition coefficient (Wildman–Crippen LogP) is 6.82. The van der Waals surface area contributed by atoms with Gasteiger partial charge >= 0.3 is 5.97 Å². The number of carboxylic acid groups (broad SMARTS) is 1. The number of nitriles is 1. The number of nitrogens with one attached hydrogen (secondary N) is 1. The molecule has 0 spiro atoms. The third kappa shape index (κ3) is 7.24. The van der Waals surface area contributed by atoms with E-state index in [9.17, 15) is 14.7 Å². The van der Waals surface area contributed by atoms with Crippen molar-refractivity contribution in [3.8, 4) is 11.8 Å². The van der Waals surface area contributed by atoms with Crippen molar-refractivity contribution < 1.29 is 19.4 Å². The maximum atomic E-state index is 13.8. The lowest BCUT2D eigenvalue weighted by Gasteiger charge is -2.24. The normalized spacial score (nSPS) is 11.6. The van der Waals surface area contributed by atoms with Crippen LogP contribution in [0.1, 0.15) is 65.3 Å². The van der Waals surface area contributed by atoms with E-state index in [0.29, 0.717) is 28.4 Å². The summed E-state index contributed by atoms with van der Waals surface area (Å²) in [4.78, 5) is 25.1. The molecule has 4 rings (SSSR count). The van der Waals surface area contributed by atoms with Crippen molar-refractivity contribution in [1.82, 2.24) is 5.32 Å². The minimum atomic E-state index is -0.917. The Balaban J connectivity index is 1.63. The summed E-state index contributed by atoms with van der Waals surface area (Å²) in [6.07, 6.45) is 0.921. The highest BCUT2D eigenvalue weighted by atomic mass is 16.5. The van der Waals surface area contributed by atoms with Crippen LogP contribution in [0, 0.1) is 17.2 Å². The summed E-state index contributed by atoms with van der Waals surface area (Å²) in [5, 5.41) is 23.9. The van der Waals surface area contributed by atoms with Crippen molar-refractivity contribution in [2.45, 2.75) is 45.8 Å². The van der Waals surface area contributed by atoms with Gasteiger partial charge in [-0.1, -0.05) is 74.5 Å². The summed E-state index contributed by atoms with van der Waals surface area (Å²) < 4.78 is 5.88. The first-order valence-corrected chi connectivity index (χ1v) is 13.1. The number of aliphatic carboxylic acids is 1. The standard InChI is InChI=1S/C33H32N2O4/c1-22(2)17-31(29-12-6-9-25-8-3-4-11-28(25)29)35-33(38)30-19-24(13-14-26(30)15-16-32(36)37)21-39-27-10-5-7-23(18-27)20-34/h3-14,18-19,22,31H,15-17,21H2,1-2H3,(H,35,38)(H,36,37). The van der Waals surface area contributed by atoms with Crippen LogP contribution in [-0.4, -0.2) is 17.0 Å². The zero-order chi connectivity index (χ0) is 27.8. The van der Waals surface area contributed by atoms with E-state index < -0.39 is 5.97 Å². The highest BCUT2D eigenvalue weighted by Crippen LogP contribution is 2.29. The lowest BCUT2D eigenvalue weighted by molar-refractivity contribution is -0.136. The lowest BCUT2D eigenvalue weighted by Crippen LogP contribution is -2.30. The van der Waals surface area contributed by atoms with E-state index in [1.165, 1.54) is 0 Å². The fourth-order valence-electron chi connectivity index (χ4n) is 4.73. The van der Waals surface area contributed by atoms with Gasteiger partial charge < -0.3 is 15.2 Å². The number of benzene rings is 4.